The zero-order chi connectivity index (χ0) is 6.28. The van der Waals surface area contributed by atoms with Crippen LogP contribution in [0.5, 0.6) is 0 Å². The van der Waals surface area contributed by atoms with Crippen LogP contribution in [-0.2, 0) is 0 Å². The second-order valence-corrected chi connectivity index (χ2v) is 4.38. The fourth-order valence-corrected chi connectivity index (χ4v) is 4.13. The van der Waals surface area contributed by atoms with E-state index >= 15 is 0 Å². The van der Waals surface area contributed by atoms with Gasteiger partial charge in [0.15, 0.2) is 0 Å². The largest absolute Gasteiger partial charge is 0.0648 e. The smallest absolute Gasteiger partial charge is 0.0176 e. The van der Waals surface area contributed by atoms with Crippen LogP contribution in [0.3, 0.4) is 0 Å². The van der Waals surface area contributed by atoms with E-state index < -0.39 is 0 Å². The maximum atomic E-state index is 2.47. The summed E-state index contributed by atoms with van der Waals surface area (Å²) in [5, 5.41) is 0. The molecule has 3 aliphatic carbocycles. The van der Waals surface area contributed by atoms with Crippen LogP contribution in [0.25, 0.3) is 0 Å². The molecular formula is C9H14. The molecule has 0 radical (unpaired) electrons. The molecule has 1 spiro atoms. The van der Waals surface area contributed by atoms with Gasteiger partial charge in [0.25, 0.3) is 0 Å². The molecule has 4 unspecified atom stereocenters. The normalized spacial score (nSPS) is 74.0. The summed E-state index contributed by atoms with van der Waals surface area (Å²) in [6.07, 6.45) is 4.65. The maximum absolute atomic E-state index is 2.47. The predicted octanol–water partition coefficient (Wildman–Crippen LogP) is 2.44. The zero-order valence-electron chi connectivity index (χ0n) is 6.28. The molecule has 0 bridgehead atoms. The zero-order valence-corrected chi connectivity index (χ0v) is 6.28. The van der Waals surface area contributed by atoms with Gasteiger partial charge in [-0.25, -0.2) is 0 Å². The van der Waals surface area contributed by atoms with Crippen molar-refractivity contribution in [2.75, 3.05) is 0 Å². The molecule has 0 aliphatic heterocycles. The van der Waals surface area contributed by atoms with Crippen LogP contribution >= 0.6 is 0 Å². The fraction of sp³-hybridized carbons (Fsp3) is 1.00. The van der Waals surface area contributed by atoms with E-state index in [0.717, 1.165) is 16.7 Å². The van der Waals surface area contributed by atoms with E-state index in [1.165, 1.54) is 12.3 Å². The van der Waals surface area contributed by atoms with Crippen molar-refractivity contribution in [3.63, 3.8) is 0 Å². The first-order chi connectivity index (χ1) is 4.28. The van der Waals surface area contributed by atoms with Crippen molar-refractivity contribution in [3.05, 3.63) is 0 Å². The molecule has 0 saturated heterocycles. The van der Waals surface area contributed by atoms with Gasteiger partial charge < -0.3 is 0 Å². The average molecular weight is 122 g/mol. The molecule has 9 heavy (non-hydrogen) atoms. The minimum atomic E-state index is 0.900. The number of rotatable bonds is 1. The predicted molar refractivity (Wildman–Crippen MR) is 37.0 cm³/mol. The van der Waals surface area contributed by atoms with Crippen molar-refractivity contribution >= 4 is 0 Å². The standard InChI is InChI=1S/C9H14/c1-3-8-4-7-5-9(7,8)6(8)2/h6-7H,3-5H2,1-2H3. The molecule has 0 nitrogen and oxygen atoms in total. The van der Waals surface area contributed by atoms with Gasteiger partial charge in [0.2, 0.25) is 0 Å². The van der Waals surface area contributed by atoms with E-state index in [0.29, 0.717) is 0 Å². The SMILES string of the molecule is CCC12CC3CC31C2C. The lowest BCUT2D eigenvalue weighted by Gasteiger charge is -2.22. The molecule has 3 aliphatic rings. The summed E-state index contributed by atoms with van der Waals surface area (Å²) in [5.41, 5.74) is 1.86. The number of hydrogen-bond acceptors (Lipinski definition) is 0. The van der Waals surface area contributed by atoms with Gasteiger partial charge >= 0.3 is 0 Å². The third-order valence-electron chi connectivity index (χ3n) is 4.84. The van der Waals surface area contributed by atoms with Gasteiger partial charge in [-0.2, -0.15) is 0 Å². The van der Waals surface area contributed by atoms with Crippen molar-refractivity contribution in [1.82, 2.24) is 0 Å². The first kappa shape index (κ1) is 4.76. The molecule has 0 N–H and O–H groups in total. The summed E-state index contributed by atoms with van der Waals surface area (Å²) in [6, 6.07) is 0. The van der Waals surface area contributed by atoms with E-state index in [1.54, 1.807) is 12.8 Å². The lowest BCUT2D eigenvalue weighted by atomic mass is 9.82. The lowest BCUT2D eigenvalue weighted by Crippen LogP contribution is -2.14. The van der Waals surface area contributed by atoms with Crippen LogP contribution < -0.4 is 0 Å². The molecule has 3 fully saturated rings. The molecule has 3 saturated carbocycles. The summed E-state index contributed by atoms with van der Waals surface area (Å²) in [6.45, 7) is 4.84. The first-order valence-electron chi connectivity index (χ1n) is 4.28. The van der Waals surface area contributed by atoms with Crippen LogP contribution in [0.15, 0.2) is 0 Å². The summed E-state index contributed by atoms with van der Waals surface area (Å²) in [5.74, 6) is 2.31. The van der Waals surface area contributed by atoms with Gasteiger partial charge in [0.1, 0.15) is 0 Å². The van der Waals surface area contributed by atoms with Crippen LogP contribution in [0, 0.1) is 22.7 Å². The van der Waals surface area contributed by atoms with Crippen molar-refractivity contribution in [2.45, 2.75) is 33.1 Å². The molecule has 0 aromatic heterocycles. The molecule has 0 amide bonds. The first-order valence-corrected chi connectivity index (χ1v) is 4.28. The Morgan fingerprint density at radius 3 is 2.33 bits per heavy atom. The molecule has 0 aromatic carbocycles. The minimum absolute atomic E-state index is 0.900. The van der Waals surface area contributed by atoms with Gasteiger partial charge in [0, 0.05) is 0 Å². The van der Waals surface area contributed by atoms with E-state index in [1.807, 2.05) is 0 Å². The average Bonchev–Trinajstić information content (AvgIpc) is 2.53. The summed E-state index contributed by atoms with van der Waals surface area (Å²) < 4.78 is 0. The van der Waals surface area contributed by atoms with E-state index in [4.69, 9.17) is 0 Å². The topological polar surface area (TPSA) is 0 Å². The highest BCUT2D eigenvalue weighted by Gasteiger charge is 2.91. The molecule has 0 heterocycles. The third-order valence-corrected chi connectivity index (χ3v) is 4.84. The monoisotopic (exact) mass is 122 g/mol. The van der Waals surface area contributed by atoms with Gasteiger partial charge in [-0.3, -0.25) is 0 Å². The van der Waals surface area contributed by atoms with E-state index in [2.05, 4.69) is 13.8 Å². The molecule has 50 valence electrons. The number of hydrogen-bond donors (Lipinski definition) is 0. The molecule has 0 aromatic rings. The van der Waals surface area contributed by atoms with Crippen molar-refractivity contribution in [2.24, 2.45) is 22.7 Å². The van der Waals surface area contributed by atoms with Crippen LogP contribution in [0.1, 0.15) is 33.1 Å². The fourth-order valence-electron chi connectivity index (χ4n) is 4.13. The molecule has 0 heteroatoms. The Bertz CT molecular complexity index is 184. The molecular weight excluding hydrogens is 108 g/mol. The highest BCUT2D eigenvalue weighted by atomic mass is 15.0. The Labute approximate surface area is 56.6 Å². The quantitative estimate of drug-likeness (QED) is 0.501. The molecule has 4 atom stereocenters. The third kappa shape index (κ3) is 0.222. The van der Waals surface area contributed by atoms with Crippen molar-refractivity contribution in [3.8, 4) is 0 Å². The lowest BCUT2D eigenvalue weighted by molar-refractivity contribution is 0.269. The van der Waals surface area contributed by atoms with Gasteiger partial charge in [0.05, 0.1) is 0 Å². The van der Waals surface area contributed by atoms with Crippen LogP contribution in [0.2, 0.25) is 0 Å². The Kier molecular flexibility index (Phi) is 0.470. The van der Waals surface area contributed by atoms with E-state index in [-0.39, 0.29) is 0 Å². The Hall–Kier alpha value is 0. The Morgan fingerprint density at radius 2 is 2.22 bits per heavy atom. The summed E-state index contributed by atoms with van der Waals surface area (Å²) >= 11 is 0. The van der Waals surface area contributed by atoms with Crippen molar-refractivity contribution in [1.29, 1.82) is 0 Å². The second kappa shape index (κ2) is 0.889. The van der Waals surface area contributed by atoms with Crippen LogP contribution in [-0.4, -0.2) is 0 Å². The van der Waals surface area contributed by atoms with E-state index in [9.17, 15) is 0 Å². The van der Waals surface area contributed by atoms with Crippen molar-refractivity contribution < 1.29 is 0 Å². The second-order valence-electron chi connectivity index (χ2n) is 4.38. The maximum Gasteiger partial charge on any atom is -0.0176 e. The highest BCUT2D eigenvalue weighted by molar-refractivity contribution is 5.39. The minimum Gasteiger partial charge on any atom is -0.0648 e. The Balaban J connectivity index is 2.01. The van der Waals surface area contributed by atoms with Gasteiger partial charge in [-0.1, -0.05) is 13.8 Å². The highest BCUT2D eigenvalue weighted by Crippen LogP contribution is 2.98. The molecule has 3 rings (SSSR count). The summed E-state index contributed by atoms with van der Waals surface area (Å²) in [7, 11) is 0. The summed E-state index contributed by atoms with van der Waals surface area (Å²) in [4.78, 5) is 0. The Morgan fingerprint density at radius 1 is 1.44 bits per heavy atom. The van der Waals surface area contributed by atoms with Crippen LogP contribution in [0.4, 0.5) is 0 Å². The van der Waals surface area contributed by atoms with Gasteiger partial charge in [-0.15, -0.1) is 0 Å². The van der Waals surface area contributed by atoms with Gasteiger partial charge in [-0.05, 0) is 41.9 Å².